The molecule has 0 saturated heterocycles. The van der Waals surface area contributed by atoms with Gasteiger partial charge in [-0.3, -0.25) is 9.59 Å². The molecule has 1 aliphatic heterocycles. The van der Waals surface area contributed by atoms with Crippen molar-refractivity contribution in [2.45, 2.75) is 32.1 Å². The second-order valence-electron chi connectivity index (χ2n) is 6.76. The fourth-order valence-electron chi connectivity index (χ4n) is 3.11. The van der Waals surface area contributed by atoms with Crippen molar-refractivity contribution in [1.29, 1.82) is 0 Å². The van der Waals surface area contributed by atoms with Crippen LogP contribution in [0.5, 0.6) is 0 Å². The van der Waals surface area contributed by atoms with Crippen molar-refractivity contribution >= 4 is 40.9 Å². The van der Waals surface area contributed by atoms with Gasteiger partial charge in [-0.2, -0.15) is 0 Å². The highest BCUT2D eigenvalue weighted by molar-refractivity contribution is 7.99. The number of ether oxygens (including phenoxy) is 1. The Morgan fingerprint density at radius 1 is 1.14 bits per heavy atom. The second-order valence-corrected chi connectivity index (χ2v) is 7.89. The van der Waals surface area contributed by atoms with E-state index in [0.717, 1.165) is 27.3 Å². The monoisotopic (exact) mass is 398 g/mol. The van der Waals surface area contributed by atoms with Crippen LogP contribution in [0.4, 0.5) is 11.4 Å². The van der Waals surface area contributed by atoms with Gasteiger partial charge in [0.1, 0.15) is 0 Å². The van der Waals surface area contributed by atoms with E-state index in [0.29, 0.717) is 17.9 Å². The summed E-state index contributed by atoms with van der Waals surface area (Å²) in [5.41, 5.74) is 4.64. The van der Waals surface area contributed by atoms with Crippen molar-refractivity contribution in [1.82, 2.24) is 0 Å². The summed E-state index contributed by atoms with van der Waals surface area (Å²) in [6.45, 7) is 5.45. The molecule has 0 fully saturated rings. The first kappa shape index (κ1) is 19.9. The first-order valence-corrected chi connectivity index (χ1v) is 9.93. The molecule has 1 aliphatic rings. The Morgan fingerprint density at radius 3 is 2.57 bits per heavy atom. The minimum atomic E-state index is -0.612. The molecule has 2 amide bonds. The third-order valence-electron chi connectivity index (χ3n) is 4.35. The molecule has 0 atom stereocenters. The van der Waals surface area contributed by atoms with Gasteiger partial charge in [0.2, 0.25) is 5.91 Å². The molecule has 1 heterocycles. The average Bonchev–Trinajstić information content (AvgIpc) is 2.82. The van der Waals surface area contributed by atoms with Crippen LogP contribution in [0.15, 0.2) is 35.2 Å². The highest BCUT2D eigenvalue weighted by atomic mass is 32.2. The van der Waals surface area contributed by atoms with Crippen molar-refractivity contribution in [3.8, 4) is 0 Å². The number of benzene rings is 2. The maximum absolute atomic E-state index is 12.3. The van der Waals surface area contributed by atoms with Gasteiger partial charge in [0.25, 0.3) is 5.91 Å². The third kappa shape index (κ3) is 4.72. The number of amides is 2. The van der Waals surface area contributed by atoms with Crippen LogP contribution in [0.3, 0.4) is 0 Å². The normalized spacial score (nSPS) is 13.2. The molecular formula is C21H22N2O4S. The van der Waals surface area contributed by atoms with Crippen LogP contribution in [-0.2, 0) is 14.3 Å². The molecule has 3 rings (SSSR count). The van der Waals surface area contributed by atoms with Crippen molar-refractivity contribution in [2.24, 2.45) is 0 Å². The zero-order chi connectivity index (χ0) is 20.3. The lowest BCUT2D eigenvalue weighted by Crippen LogP contribution is -2.22. The molecule has 2 N–H and O–H groups in total. The topological polar surface area (TPSA) is 84.5 Å². The van der Waals surface area contributed by atoms with Gasteiger partial charge in [-0.05, 0) is 50.1 Å². The molecule has 0 saturated carbocycles. The summed E-state index contributed by atoms with van der Waals surface area (Å²) >= 11 is 1.56. The van der Waals surface area contributed by atoms with Gasteiger partial charge < -0.3 is 15.4 Å². The largest absolute Gasteiger partial charge is 0.452 e. The van der Waals surface area contributed by atoms with E-state index in [4.69, 9.17) is 4.74 Å². The summed E-state index contributed by atoms with van der Waals surface area (Å²) in [6, 6.07) is 8.96. The van der Waals surface area contributed by atoms with Crippen LogP contribution >= 0.6 is 11.8 Å². The number of anilines is 2. The number of thioether (sulfide) groups is 1. The average molecular weight is 398 g/mol. The van der Waals surface area contributed by atoms with Gasteiger partial charge in [0, 0.05) is 22.8 Å². The lowest BCUT2D eigenvalue weighted by molar-refractivity contribution is -0.119. The van der Waals surface area contributed by atoms with Gasteiger partial charge in [0.15, 0.2) is 6.61 Å². The van der Waals surface area contributed by atoms with Crippen molar-refractivity contribution in [3.63, 3.8) is 0 Å². The van der Waals surface area contributed by atoms with Crippen molar-refractivity contribution in [3.05, 3.63) is 52.6 Å². The van der Waals surface area contributed by atoms with E-state index in [-0.39, 0.29) is 18.1 Å². The molecular weight excluding hydrogens is 376 g/mol. The second kappa shape index (κ2) is 8.48. The first-order chi connectivity index (χ1) is 13.3. The maximum Gasteiger partial charge on any atom is 0.338 e. The number of carbonyl (C=O) groups is 3. The summed E-state index contributed by atoms with van der Waals surface area (Å²) in [5, 5.41) is 5.59. The van der Waals surface area contributed by atoms with E-state index in [1.807, 2.05) is 32.9 Å². The molecule has 2 aromatic rings. The number of fused-ring (bicyclic) bond motifs is 1. The van der Waals surface area contributed by atoms with Crippen LogP contribution < -0.4 is 10.6 Å². The van der Waals surface area contributed by atoms with E-state index < -0.39 is 11.9 Å². The molecule has 0 aliphatic carbocycles. The summed E-state index contributed by atoms with van der Waals surface area (Å²) in [4.78, 5) is 37.1. The lowest BCUT2D eigenvalue weighted by atomic mass is 10.1. The molecule has 6 nitrogen and oxygen atoms in total. The van der Waals surface area contributed by atoms with Gasteiger partial charge in [-0.25, -0.2) is 4.79 Å². The number of carbonyl (C=O) groups excluding carboxylic acids is 3. The van der Waals surface area contributed by atoms with Crippen molar-refractivity contribution in [2.75, 3.05) is 23.0 Å². The van der Waals surface area contributed by atoms with Gasteiger partial charge in [-0.15, -0.1) is 11.8 Å². The van der Waals surface area contributed by atoms with E-state index >= 15 is 0 Å². The van der Waals surface area contributed by atoms with Crippen LogP contribution in [0, 0.1) is 20.8 Å². The van der Waals surface area contributed by atoms with Crippen LogP contribution in [0.25, 0.3) is 0 Å². The van der Waals surface area contributed by atoms with Crippen molar-refractivity contribution < 1.29 is 19.1 Å². The molecule has 0 bridgehead atoms. The highest BCUT2D eigenvalue weighted by Crippen LogP contribution is 2.31. The number of rotatable bonds is 4. The van der Waals surface area contributed by atoms with E-state index in [1.54, 1.807) is 30.0 Å². The summed E-state index contributed by atoms with van der Waals surface area (Å²) in [7, 11) is 0. The summed E-state index contributed by atoms with van der Waals surface area (Å²) in [5.74, 6) is -0.401. The zero-order valence-corrected chi connectivity index (χ0v) is 16.9. The standard InChI is InChI=1S/C21H22N2O4S/c1-12-8-13(2)20(14(3)9-12)23-19(25)11-27-21(26)15-4-5-17-16(10-15)22-18(24)6-7-28-17/h4-5,8-10H,6-7,11H2,1-3H3,(H,22,24)(H,23,25). The zero-order valence-electron chi connectivity index (χ0n) is 16.0. The maximum atomic E-state index is 12.3. The molecule has 0 aromatic heterocycles. The fourth-order valence-corrected chi connectivity index (χ4v) is 4.05. The predicted molar refractivity (Wildman–Crippen MR) is 110 cm³/mol. The molecule has 2 aromatic carbocycles. The Balaban J connectivity index is 1.63. The van der Waals surface area contributed by atoms with Crippen LogP contribution in [0.1, 0.15) is 33.5 Å². The Labute approximate surface area is 168 Å². The molecule has 0 unspecified atom stereocenters. The summed E-state index contributed by atoms with van der Waals surface area (Å²) < 4.78 is 5.14. The van der Waals surface area contributed by atoms with E-state index in [9.17, 15) is 14.4 Å². The minimum Gasteiger partial charge on any atom is -0.452 e. The molecule has 146 valence electrons. The number of aryl methyl sites for hydroxylation is 3. The smallest absolute Gasteiger partial charge is 0.338 e. The number of hydrogen-bond acceptors (Lipinski definition) is 5. The van der Waals surface area contributed by atoms with Gasteiger partial charge in [-0.1, -0.05) is 17.7 Å². The Morgan fingerprint density at radius 2 is 1.86 bits per heavy atom. The van der Waals surface area contributed by atoms with E-state index in [2.05, 4.69) is 10.6 Å². The van der Waals surface area contributed by atoms with Crippen LogP contribution in [-0.4, -0.2) is 30.1 Å². The highest BCUT2D eigenvalue weighted by Gasteiger charge is 2.17. The number of esters is 1. The molecule has 0 radical (unpaired) electrons. The molecule has 28 heavy (non-hydrogen) atoms. The van der Waals surface area contributed by atoms with Gasteiger partial charge >= 0.3 is 5.97 Å². The fraction of sp³-hybridized carbons (Fsp3) is 0.286. The van der Waals surface area contributed by atoms with Crippen LogP contribution in [0.2, 0.25) is 0 Å². The number of hydrogen-bond donors (Lipinski definition) is 2. The van der Waals surface area contributed by atoms with E-state index in [1.165, 1.54) is 0 Å². The Bertz CT molecular complexity index is 932. The molecule has 7 heteroatoms. The number of nitrogens with one attached hydrogen (secondary N) is 2. The van der Waals surface area contributed by atoms with Gasteiger partial charge in [0.05, 0.1) is 11.3 Å². The molecule has 0 spiro atoms. The lowest BCUT2D eigenvalue weighted by Gasteiger charge is -2.13. The Kier molecular flexibility index (Phi) is 6.04. The summed E-state index contributed by atoms with van der Waals surface area (Å²) in [6.07, 6.45) is 0.428. The Hall–Kier alpha value is -2.80. The quantitative estimate of drug-likeness (QED) is 0.765. The minimum absolute atomic E-state index is 0.0833. The predicted octanol–water partition coefficient (Wildman–Crippen LogP) is 3.84. The third-order valence-corrected chi connectivity index (χ3v) is 5.43. The first-order valence-electron chi connectivity index (χ1n) is 8.95. The SMILES string of the molecule is Cc1cc(C)c(NC(=O)COC(=O)c2ccc3c(c2)NC(=O)CCS3)c(C)c1.